The lowest BCUT2D eigenvalue weighted by atomic mass is 10.0. The minimum atomic E-state index is -0.646. The molecule has 0 aliphatic carbocycles. The molecule has 4 aromatic rings. The number of hydrogen-bond donors (Lipinski definition) is 3. The summed E-state index contributed by atoms with van der Waals surface area (Å²) < 4.78 is 0. The van der Waals surface area contributed by atoms with Gasteiger partial charge in [0.1, 0.15) is 6.04 Å². The third kappa shape index (κ3) is 7.56. The van der Waals surface area contributed by atoms with E-state index in [1.165, 1.54) is 11.1 Å². The summed E-state index contributed by atoms with van der Waals surface area (Å²) in [6.07, 6.45) is 3.11. The molecule has 1 atom stereocenters. The van der Waals surface area contributed by atoms with Gasteiger partial charge in [-0.3, -0.25) is 19.4 Å². The molecule has 3 aromatic carbocycles. The number of aromatic nitrogens is 1. The minimum absolute atomic E-state index is 0.116. The molecule has 7 heteroatoms. The Bertz CT molecular complexity index is 1350. The molecule has 39 heavy (non-hydrogen) atoms. The zero-order valence-corrected chi connectivity index (χ0v) is 22.3. The maximum atomic E-state index is 13.3. The van der Waals surface area contributed by atoms with Crippen molar-refractivity contribution in [2.75, 3.05) is 39.3 Å². The van der Waals surface area contributed by atoms with Crippen molar-refractivity contribution >= 4 is 22.7 Å². The average Bonchev–Trinajstić information content (AvgIpc) is 3.37. The highest BCUT2D eigenvalue weighted by Gasteiger charge is 2.25. The molecule has 1 saturated heterocycles. The van der Waals surface area contributed by atoms with Crippen molar-refractivity contribution in [3.05, 3.63) is 108 Å². The van der Waals surface area contributed by atoms with Crippen molar-refractivity contribution in [1.82, 2.24) is 25.4 Å². The summed E-state index contributed by atoms with van der Waals surface area (Å²) in [6.45, 7) is 5.24. The third-order valence-electron chi connectivity index (χ3n) is 7.39. The number of aromatic amines is 1. The van der Waals surface area contributed by atoms with E-state index < -0.39 is 6.04 Å². The molecule has 1 fully saturated rings. The van der Waals surface area contributed by atoms with Gasteiger partial charge in [0.15, 0.2) is 0 Å². The largest absolute Gasteiger partial charge is 0.361 e. The fraction of sp³-hybridized carbons (Fsp3) is 0.312. The molecular formula is C32H37N5O2. The maximum Gasteiger partial charge on any atom is 0.242 e. The van der Waals surface area contributed by atoms with Crippen LogP contribution < -0.4 is 10.6 Å². The number of nitrogens with one attached hydrogen (secondary N) is 3. The normalized spacial score (nSPS) is 15.2. The van der Waals surface area contributed by atoms with Crippen LogP contribution in [-0.2, 0) is 29.0 Å². The van der Waals surface area contributed by atoms with E-state index in [1.807, 2.05) is 54.7 Å². The van der Waals surface area contributed by atoms with E-state index in [0.29, 0.717) is 19.5 Å². The molecule has 2 heterocycles. The van der Waals surface area contributed by atoms with Gasteiger partial charge in [0.05, 0.1) is 6.54 Å². The van der Waals surface area contributed by atoms with Crippen LogP contribution in [0.25, 0.3) is 10.9 Å². The van der Waals surface area contributed by atoms with Gasteiger partial charge < -0.3 is 15.6 Å². The predicted molar refractivity (Wildman–Crippen MR) is 155 cm³/mol. The highest BCUT2D eigenvalue weighted by molar-refractivity contribution is 5.90. The van der Waals surface area contributed by atoms with Gasteiger partial charge in [0.2, 0.25) is 11.8 Å². The van der Waals surface area contributed by atoms with Crippen LogP contribution in [0, 0.1) is 0 Å². The molecule has 1 aromatic heterocycles. The fourth-order valence-corrected chi connectivity index (χ4v) is 5.22. The highest BCUT2D eigenvalue weighted by Crippen LogP contribution is 2.19. The van der Waals surface area contributed by atoms with Crippen LogP contribution in [0.1, 0.15) is 16.7 Å². The molecule has 0 unspecified atom stereocenters. The fourth-order valence-electron chi connectivity index (χ4n) is 5.22. The van der Waals surface area contributed by atoms with Crippen molar-refractivity contribution < 1.29 is 9.59 Å². The van der Waals surface area contributed by atoms with Crippen molar-refractivity contribution in [3.63, 3.8) is 0 Å². The van der Waals surface area contributed by atoms with E-state index in [1.54, 1.807) is 0 Å². The molecule has 7 nitrogen and oxygen atoms in total. The number of carbonyl (C=O) groups excluding carboxylic acids is 2. The zero-order valence-electron chi connectivity index (χ0n) is 22.3. The van der Waals surface area contributed by atoms with Crippen LogP contribution >= 0.6 is 0 Å². The quantitative estimate of drug-likeness (QED) is 0.282. The summed E-state index contributed by atoms with van der Waals surface area (Å²) in [6, 6.07) is 28.0. The van der Waals surface area contributed by atoms with Crippen molar-refractivity contribution in [1.29, 1.82) is 0 Å². The van der Waals surface area contributed by atoms with E-state index in [2.05, 4.69) is 61.8 Å². The zero-order chi connectivity index (χ0) is 26.9. The summed E-state index contributed by atoms with van der Waals surface area (Å²) in [5.74, 6) is -0.271. The Morgan fingerprint density at radius 2 is 1.44 bits per heavy atom. The molecule has 0 saturated carbocycles. The lowest BCUT2D eigenvalue weighted by Gasteiger charge is -2.34. The van der Waals surface area contributed by atoms with Crippen LogP contribution in [0.15, 0.2) is 91.1 Å². The van der Waals surface area contributed by atoms with E-state index in [-0.39, 0.29) is 11.8 Å². The Morgan fingerprint density at radius 3 is 2.18 bits per heavy atom. The first-order chi connectivity index (χ1) is 19.1. The second kappa shape index (κ2) is 13.2. The molecule has 3 N–H and O–H groups in total. The Morgan fingerprint density at radius 1 is 0.795 bits per heavy atom. The number of rotatable bonds is 11. The van der Waals surface area contributed by atoms with Gasteiger partial charge >= 0.3 is 0 Å². The summed E-state index contributed by atoms with van der Waals surface area (Å²) in [5.41, 5.74) is 4.52. The summed E-state index contributed by atoms with van der Waals surface area (Å²) in [4.78, 5) is 34.3. The van der Waals surface area contributed by atoms with Gasteiger partial charge in [-0.2, -0.15) is 0 Å². The summed E-state index contributed by atoms with van der Waals surface area (Å²) >= 11 is 0. The van der Waals surface area contributed by atoms with Crippen LogP contribution in [0.2, 0.25) is 0 Å². The molecule has 1 aliphatic rings. The first kappa shape index (κ1) is 26.7. The number of carbonyl (C=O) groups is 2. The van der Waals surface area contributed by atoms with E-state index in [9.17, 15) is 9.59 Å². The van der Waals surface area contributed by atoms with Gasteiger partial charge in [-0.25, -0.2) is 0 Å². The summed E-state index contributed by atoms with van der Waals surface area (Å²) in [7, 11) is 0. The highest BCUT2D eigenvalue weighted by atomic mass is 16.2. The van der Waals surface area contributed by atoms with Gasteiger partial charge in [-0.05, 0) is 29.2 Å². The van der Waals surface area contributed by atoms with E-state index in [4.69, 9.17) is 0 Å². The number of piperazine rings is 1. The van der Waals surface area contributed by atoms with Crippen molar-refractivity contribution in [3.8, 4) is 0 Å². The summed E-state index contributed by atoms with van der Waals surface area (Å²) in [5, 5.41) is 7.16. The van der Waals surface area contributed by atoms with E-state index >= 15 is 0 Å². The molecule has 0 radical (unpaired) electrons. The number of para-hydroxylation sites is 1. The number of H-pyrrole nitrogens is 1. The topological polar surface area (TPSA) is 80.5 Å². The number of benzene rings is 3. The van der Waals surface area contributed by atoms with Gasteiger partial charge in [0, 0.05) is 62.8 Å². The molecule has 0 bridgehead atoms. The minimum Gasteiger partial charge on any atom is -0.361 e. The molecule has 1 aliphatic heterocycles. The molecule has 2 amide bonds. The first-order valence-electron chi connectivity index (χ1n) is 13.8. The van der Waals surface area contributed by atoms with Crippen LogP contribution in [0.3, 0.4) is 0 Å². The monoisotopic (exact) mass is 523 g/mol. The van der Waals surface area contributed by atoms with Gasteiger partial charge in [0.25, 0.3) is 0 Å². The maximum absolute atomic E-state index is 13.3. The predicted octanol–water partition coefficient (Wildman–Crippen LogP) is 3.37. The standard InChI is InChI=1S/C32H37N5O2/c38-31(24-37-19-17-36(18-20-37)23-26-11-5-2-6-12-26)35-30(21-27-22-34-29-14-8-7-13-28(27)29)32(39)33-16-15-25-9-3-1-4-10-25/h1-14,22,30,34H,15-21,23-24H2,(H,33,39)(H,35,38)/t30-/m1/s1. The van der Waals surface area contributed by atoms with Crippen molar-refractivity contribution in [2.45, 2.75) is 25.4 Å². The molecule has 0 spiro atoms. The van der Waals surface area contributed by atoms with Gasteiger partial charge in [-0.15, -0.1) is 0 Å². The van der Waals surface area contributed by atoms with Gasteiger partial charge in [-0.1, -0.05) is 78.9 Å². The second-order valence-corrected chi connectivity index (χ2v) is 10.2. The Labute approximate surface area is 230 Å². The Balaban J connectivity index is 1.17. The van der Waals surface area contributed by atoms with Crippen LogP contribution in [0.5, 0.6) is 0 Å². The van der Waals surface area contributed by atoms with E-state index in [0.717, 1.165) is 55.6 Å². The lowest BCUT2D eigenvalue weighted by Crippen LogP contribution is -2.53. The number of amides is 2. The molecule has 202 valence electrons. The SMILES string of the molecule is O=C(CN1CCN(Cc2ccccc2)CC1)N[C@H](Cc1c[nH]c2ccccc12)C(=O)NCCc1ccccc1. The van der Waals surface area contributed by atoms with Crippen molar-refractivity contribution in [2.24, 2.45) is 0 Å². The Kier molecular flexibility index (Phi) is 9.04. The first-order valence-corrected chi connectivity index (χ1v) is 13.8. The average molecular weight is 524 g/mol. The van der Waals surface area contributed by atoms with Crippen LogP contribution in [-0.4, -0.2) is 71.9 Å². The second-order valence-electron chi connectivity index (χ2n) is 10.2. The Hall–Kier alpha value is -3.94. The smallest absolute Gasteiger partial charge is 0.242 e. The number of nitrogens with zero attached hydrogens (tertiary/aromatic N) is 2. The third-order valence-corrected chi connectivity index (χ3v) is 7.39. The van der Waals surface area contributed by atoms with Crippen LogP contribution in [0.4, 0.5) is 0 Å². The number of hydrogen-bond acceptors (Lipinski definition) is 4. The lowest BCUT2D eigenvalue weighted by molar-refractivity contribution is -0.129. The molecule has 5 rings (SSSR count). The number of fused-ring (bicyclic) bond motifs is 1. The molecular weight excluding hydrogens is 486 g/mol.